The molecule has 8 nitrogen and oxygen atoms in total. The molecule has 0 spiro atoms. The largest absolute Gasteiger partial charge is 0.493 e. The number of carbonyl (C=O) groups excluding carboxylic acids is 2. The second kappa shape index (κ2) is 6.80. The number of fused-ring (bicyclic) bond motifs is 3. The van der Waals surface area contributed by atoms with E-state index in [1.54, 1.807) is 6.92 Å². The van der Waals surface area contributed by atoms with Crippen LogP contribution < -0.4 is 23.7 Å². The molecule has 0 aromatic heterocycles. The maximum Gasteiger partial charge on any atom is 0.321 e. The van der Waals surface area contributed by atoms with Gasteiger partial charge in [-0.3, -0.25) is 9.59 Å². The first kappa shape index (κ1) is 19.5. The van der Waals surface area contributed by atoms with E-state index in [4.69, 9.17) is 28.4 Å². The molecule has 0 radical (unpaired) electrons. The Balaban J connectivity index is 1.78. The van der Waals surface area contributed by atoms with Crippen molar-refractivity contribution in [3.05, 3.63) is 41.0 Å². The van der Waals surface area contributed by atoms with Crippen LogP contribution in [0.25, 0.3) is 0 Å². The van der Waals surface area contributed by atoms with E-state index in [0.717, 1.165) is 16.7 Å². The lowest BCUT2D eigenvalue weighted by Crippen LogP contribution is -2.42. The van der Waals surface area contributed by atoms with E-state index in [9.17, 15) is 9.59 Å². The molecule has 0 bridgehead atoms. The minimum Gasteiger partial charge on any atom is -0.493 e. The number of benzene rings is 2. The average molecular weight is 426 g/mol. The number of methoxy groups -OCH3 is 3. The molecule has 8 heteroatoms. The molecule has 3 atom stereocenters. The van der Waals surface area contributed by atoms with Gasteiger partial charge >= 0.3 is 11.9 Å². The van der Waals surface area contributed by atoms with Crippen LogP contribution in [0.15, 0.2) is 24.3 Å². The summed E-state index contributed by atoms with van der Waals surface area (Å²) in [4.78, 5) is 25.6. The van der Waals surface area contributed by atoms with Crippen molar-refractivity contribution in [2.75, 3.05) is 28.1 Å². The first-order chi connectivity index (χ1) is 14.9. The maximum atomic E-state index is 13.0. The molecule has 1 aliphatic carbocycles. The van der Waals surface area contributed by atoms with E-state index in [-0.39, 0.29) is 6.79 Å². The third kappa shape index (κ3) is 2.60. The van der Waals surface area contributed by atoms with Gasteiger partial charge in [-0.2, -0.15) is 0 Å². The lowest BCUT2D eigenvalue weighted by molar-refractivity contribution is -0.155. The fraction of sp³-hybridized carbons (Fsp3) is 0.391. The summed E-state index contributed by atoms with van der Waals surface area (Å²) in [7, 11) is 4.60. The number of esters is 2. The number of carbonyl (C=O) groups is 2. The summed E-state index contributed by atoms with van der Waals surface area (Å²) in [6.07, 6.45) is 0.383. The minimum absolute atomic E-state index is 0.134. The molecule has 2 aliphatic heterocycles. The highest BCUT2D eigenvalue weighted by molar-refractivity contribution is 6.00. The van der Waals surface area contributed by atoms with Crippen molar-refractivity contribution >= 4 is 11.9 Å². The van der Waals surface area contributed by atoms with Crippen LogP contribution in [0.3, 0.4) is 0 Å². The molecule has 0 unspecified atom stereocenters. The van der Waals surface area contributed by atoms with Crippen molar-refractivity contribution in [1.29, 1.82) is 0 Å². The van der Waals surface area contributed by atoms with E-state index in [0.29, 0.717) is 35.2 Å². The van der Waals surface area contributed by atoms with Gasteiger partial charge in [0.1, 0.15) is 0 Å². The predicted octanol–water partition coefficient (Wildman–Crippen LogP) is 2.83. The van der Waals surface area contributed by atoms with Gasteiger partial charge in [0.25, 0.3) is 0 Å². The van der Waals surface area contributed by atoms with E-state index in [2.05, 4.69) is 0 Å². The van der Waals surface area contributed by atoms with Crippen molar-refractivity contribution in [1.82, 2.24) is 0 Å². The lowest BCUT2D eigenvalue weighted by Gasteiger charge is -2.40. The topological polar surface area (TPSA) is 89.5 Å². The number of cyclic esters (lactones) is 2. The van der Waals surface area contributed by atoms with Gasteiger partial charge in [0.05, 0.1) is 32.7 Å². The first-order valence-electron chi connectivity index (χ1n) is 9.90. The smallest absolute Gasteiger partial charge is 0.321 e. The molecule has 5 rings (SSSR count). The van der Waals surface area contributed by atoms with Gasteiger partial charge in [-0.1, -0.05) is 0 Å². The van der Waals surface area contributed by atoms with Gasteiger partial charge in [-0.25, -0.2) is 0 Å². The monoisotopic (exact) mass is 426 g/mol. The molecular weight excluding hydrogens is 404 g/mol. The second-order valence-electron chi connectivity index (χ2n) is 8.04. The van der Waals surface area contributed by atoms with Crippen LogP contribution in [0, 0.1) is 11.3 Å². The summed E-state index contributed by atoms with van der Waals surface area (Å²) in [6.45, 7) is 1.92. The van der Waals surface area contributed by atoms with Gasteiger partial charge in [0.2, 0.25) is 12.5 Å². The van der Waals surface area contributed by atoms with Crippen molar-refractivity contribution in [3.63, 3.8) is 0 Å². The lowest BCUT2D eigenvalue weighted by atomic mass is 9.58. The molecule has 0 N–H and O–H groups in total. The summed E-state index contributed by atoms with van der Waals surface area (Å²) < 4.78 is 32.8. The predicted molar refractivity (Wildman–Crippen MR) is 107 cm³/mol. The molecule has 162 valence electrons. The molecule has 2 aromatic rings. The Hall–Kier alpha value is -3.42. The molecular formula is C23H22O8. The Labute approximate surface area is 178 Å². The minimum atomic E-state index is -1.09. The zero-order valence-electron chi connectivity index (χ0n) is 17.6. The van der Waals surface area contributed by atoms with E-state index in [1.165, 1.54) is 21.3 Å². The Morgan fingerprint density at radius 3 is 2.19 bits per heavy atom. The van der Waals surface area contributed by atoms with Gasteiger partial charge in [-0.15, -0.1) is 0 Å². The average Bonchev–Trinajstić information content (AvgIpc) is 3.31. The maximum absolute atomic E-state index is 13.0. The van der Waals surface area contributed by atoms with Crippen LogP contribution in [0.5, 0.6) is 28.7 Å². The van der Waals surface area contributed by atoms with Crippen LogP contribution in [-0.2, 0) is 20.7 Å². The summed E-state index contributed by atoms with van der Waals surface area (Å²) >= 11 is 0. The Kier molecular flexibility index (Phi) is 4.28. The van der Waals surface area contributed by atoms with Gasteiger partial charge in [0.15, 0.2) is 23.0 Å². The third-order valence-electron chi connectivity index (χ3n) is 6.63. The molecule has 0 saturated carbocycles. The van der Waals surface area contributed by atoms with Gasteiger partial charge in [-0.05, 0) is 54.3 Å². The molecule has 0 amide bonds. The Morgan fingerprint density at radius 2 is 1.58 bits per heavy atom. The summed E-state index contributed by atoms with van der Waals surface area (Å²) in [6, 6.07) is 7.40. The van der Waals surface area contributed by atoms with Crippen LogP contribution in [0.2, 0.25) is 0 Å². The van der Waals surface area contributed by atoms with E-state index >= 15 is 0 Å². The summed E-state index contributed by atoms with van der Waals surface area (Å²) in [5, 5.41) is 0. The SMILES string of the molecule is COc1cc([C@@H]2c3cc4c(cc3C[C@@H]3C(=O)OC(=O)[C@]23C)OCO4)cc(OC)c1OC. The highest BCUT2D eigenvalue weighted by atomic mass is 16.7. The number of rotatable bonds is 4. The fourth-order valence-electron chi connectivity index (χ4n) is 5.06. The van der Waals surface area contributed by atoms with Crippen molar-refractivity contribution < 1.29 is 38.0 Å². The molecule has 1 fully saturated rings. The standard InChI is InChI=1S/C23H22O8/c1-23-14(21(24)31-22(23)25)5-11-6-15-16(30-10-29-15)9-13(11)19(23)12-7-17(26-2)20(28-4)18(8-12)27-3/h6-9,14,19H,5,10H2,1-4H3/t14-,19-,23+/m1/s1. The Bertz CT molecular complexity index is 1080. The fourth-order valence-corrected chi connectivity index (χ4v) is 5.06. The summed E-state index contributed by atoms with van der Waals surface area (Å²) in [5.74, 6) is 0.449. The molecule has 2 aromatic carbocycles. The first-order valence-corrected chi connectivity index (χ1v) is 9.90. The molecule has 1 saturated heterocycles. The van der Waals surface area contributed by atoms with Gasteiger partial charge in [0, 0.05) is 5.92 Å². The van der Waals surface area contributed by atoms with Crippen molar-refractivity contribution in [2.24, 2.45) is 11.3 Å². The highest BCUT2D eigenvalue weighted by Crippen LogP contribution is 2.58. The molecule has 3 aliphatic rings. The number of hydrogen-bond acceptors (Lipinski definition) is 8. The van der Waals surface area contributed by atoms with E-state index in [1.807, 2.05) is 24.3 Å². The molecule has 2 heterocycles. The van der Waals surface area contributed by atoms with Crippen LogP contribution in [0.4, 0.5) is 0 Å². The zero-order chi connectivity index (χ0) is 21.9. The Morgan fingerprint density at radius 1 is 0.935 bits per heavy atom. The van der Waals surface area contributed by atoms with Crippen LogP contribution >= 0.6 is 0 Å². The van der Waals surface area contributed by atoms with Crippen LogP contribution in [-0.4, -0.2) is 40.1 Å². The van der Waals surface area contributed by atoms with E-state index < -0.39 is 29.2 Å². The van der Waals surface area contributed by atoms with Gasteiger partial charge < -0.3 is 28.4 Å². The van der Waals surface area contributed by atoms with Crippen molar-refractivity contribution in [2.45, 2.75) is 19.3 Å². The number of hydrogen-bond donors (Lipinski definition) is 0. The van der Waals surface area contributed by atoms with Crippen LogP contribution in [0.1, 0.15) is 29.5 Å². The zero-order valence-corrected chi connectivity index (χ0v) is 17.6. The van der Waals surface area contributed by atoms with Crippen molar-refractivity contribution in [3.8, 4) is 28.7 Å². The summed E-state index contributed by atoms with van der Waals surface area (Å²) in [5.41, 5.74) is 1.44. The normalized spacial score (nSPS) is 25.5. The second-order valence-corrected chi connectivity index (χ2v) is 8.04. The quantitative estimate of drug-likeness (QED) is 0.545. The molecule has 31 heavy (non-hydrogen) atoms. The number of ether oxygens (including phenoxy) is 6. The highest BCUT2D eigenvalue weighted by Gasteiger charge is 2.62. The third-order valence-corrected chi connectivity index (χ3v) is 6.63.